The molecule has 2 atom stereocenters. The molecule has 5 rings (SSSR count). The highest BCUT2D eigenvalue weighted by atomic mass is 32.2. The van der Waals surface area contributed by atoms with Crippen LogP contribution < -0.4 is 9.62 Å². The minimum absolute atomic E-state index is 0.166. The van der Waals surface area contributed by atoms with Crippen molar-refractivity contribution in [2.75, 3.05) is 29.9 Å². The fourth-order valence-corrected chi connectivity index (χ4v) is 7.24. The molecule has 0 bridgehead atoms. The third-order valence-corrected chi connectivity index (χ3v) is 9.36. The van der Waals surface area contributed by atoms with Gasteiger partial charge >= 0.3 is 16.2 Å². The number of halogens is 1. The van der Waals surface area contributed by atoms with Crippen molar-refractivity contribution in [3.05, 3.63) is 45.9 Å². The Morgan fingerprint density at radius 3 is 2.44 bits per heavy atom. The van der Waals surface area contributed by atoms with E-state index in [9.17, 15) is 22.8 Å². The van der Waals surface area contributed by atoms with Gasteiger partial charge in [-0.3, -0.25) is 9.15 Å². The number of carbonyl (C=O) groups excluding carboxylic acids is 1. The molecule has 10 nitrogen and oxygen atoms in total. The molecule has 0 saturated carbocycles. The van der Waals surface area contributed by atoms with E-state index in [4.69, 9.17) is 0 Å². The van der Waals surface area contributed by atoms with Crippen LogP contribution in [-0.2, 0) is 42.9 Å². The zero-order valence-electron chi connectivity index (χ0n) is 20.6. The smallest absolute Gasteiger partial charge is 0.326 e. The number of fused-ring (bicyclic) bond motifs is 2. The molecular formula is C24H32FN6O4S-. The van der Waals surface area contributed by atoms with Gasteiger partial charge in [-0.25, -0.2) is 13.5 Å². The van der Waals surface area contributed by atoms with E-state index >= 15 is 0 Å². The third kappa shape index (κ3) is 4.35. The van der Waals surface area contributed by atoms with Crippen molar-refractivity contribution in [2.24, 2.45) is 7.05 Å². The summed E-state index contributed by atoms with van der Waals surface area (Å²) in [5.41, 5.74) is 5.08. The van der Waals surface area contributed by atoms with Crippen molar-refractivity contribution in [1.29, 1.82) is 0 Å². The fraction of sp³-hybridized carbons (Fsp3) is 0.583. The molecule has 2 aliphatic carbocycles. The second-order valence-corrected chi connectivity index (χ2v) is 11.7. The Morgan fingerprint density at radius 1 is 1.19 bits per heavy atom. The van der Waals surface area contributed by atoms with Crippen LogP contribution in [0.5, 0.6) is 0 Å². The van der Waals surface area contributed by atoms with Gasteiger partial charge in [-0.2, -0.15) is 13.5 Å². The first-order chi connectivity index (χ1) is 17.2. The van der Waals surface area contributed by atoms with E-state index in [1.807, 2.05) is 4.90 Å². The van der Waals surface area contributed by atoms with Crippen molar-refractivity contribution in [1.82, 2.24) is 19.1 Å². The average molecular weight is 520 g/mol. The second kappa shape index (κ2) is 9.64. The van der Waals surface area contributed by atoms with Gasteiger partial charge in [-0.15, -0.1) is 0 Å². The quantitative estimate of drug-likeness (QED) is 0.587. The zero-order valence-corrected chi connectivity index (χ0v) is 21.4. The molecule has 1 aliphatic heterocycles. The van der Waals surface area contributed by atoms with Gasteiger partial charge < -0.3 is 15.4 Å². The number of hydroxylamine groups is 1. The van der Waals surface area contributed by atoms with Crippen molar-refractivity contribution < 1.29 is 17.6 Å². The zero-order chi connectivity index (χ0) is 25.6. The topological polar surface area (TPSA) is 114 Å². The van der Waals surface area contributed by atoms with Crippen LogP contribution in [0.1, 0.15) is 47.9 Å². The number of hydrogen-bond donors (Lipinski definition) is 1. The molecule has 3 aliphatic rings. The standard InChI is InChI=1S/C24H32FN6O4S/c1-28-10-9-18(12-19(28)13-25)30(20-14-26-29(2)15-20)36(34,35)31(33)24(32)27-23-21-7-3-5-16(21)11-17-6-4-8-22(17)23/h11,14-15,18-19H,3-10,12-13H2,1-2H3,(H,27,32)/q-1. The SMILES string of the molecule is CN1CCC(N(c2cnn(C)c2)S(=O)(=O)N([O-])C(=O)Nc2c3c(cc4c2CCC4)CCC3)CC1CF. The predicted molar refractivity (Wildman–Crippen MR) is 135 cm³/mol. The number of likely N-dealkylation sites (tertiary alicyclic amines) is 1. The number of benzene rings is 1. The number of nitrogens with one attached hydrogen (secondary N) is 1. The number of aromatic nitrogens is 2. The summed E-state index contributed by atoms with van der Waals surface area (Å²) in [7, 11) is -1.42. The van der Waals surface area contributed by atoms with E-state index < -0.39 is 39.5 Å². The highest BCUT2D eigenvalue weighted by Gasteiger charge is 2.39. The molecule has 196 valence electrons. The molecule has 1 aromatic heterocycles. The number of hydrogen-bond acceptors (Lipinski definition) is 6. The summed E-state index contributed by atoms with van der Waals surface area (Å²) in [5, 5.41) is 19.9. The molecular weight excluding hydrogens is 487 g/mol. The first-order valence-electron chi connectivity index (χ1n) is 12.4. The molecule has 0 radical (unpaired) electrons. The third-order valence-electron chi connectivity index (χ3n) is 7.77. The van der Waals surface area contributed by atoms with Crippen LogP contribution in [0.25, 0.3) is 0 Å². The number of piperidine rings is 1. The molecule has 2 unspecified atom stereocenters. The van der Waals surface area contributed by atoms with Gasteiger partial charge in [0.1, 0.15) is 6.67 Å². The molecule has 0 spiro atoms. The van der Waals surface area contributed by atoms with Gasteiger partial charge in [0.2, 0.25) is 0 Å². The first-order valence-corrected chi connectivity index (χ1v) is 13.8. The van der Waals surface area contributed by atoms with Crippen LogP contribution in [0, 0.1) is 5.21 Å². The van der Waals surface area contributed by atoms with Gasteiger partial charge in [-0.1, -0.05) is 6.07 Å². The Kier molecular flexibility index (Phi) is 6.69. The Hall–Kier alpha value is -2.70. The van der Waals surface area contributed by atoms with Gasteiger partial charge in [0.25, 0.3) is 0 Å². The van der Waals surface area contributed by atoms with Crippen LogP contribution in [0.15, 0.2) is 18.5 Å². The van der Waals surface area contributed by atoms with E-state index in [1.165, 1.54) is 17.1 Å². The summed E-state index contributed by atoms with van der Waals surface area (Å²) in [6, 6.07) is -0.224. The summed E-state index contributed by atoms with van der Waals surface area (Å²) in [6.45, 7) is -0.182. The maximum atomic E-state index is 13.7. The van der Waals surface area contributed by atoms with Crippen molar-refractivity contribution in [3.63, 3.8) is 0 Å². The van der Waals surface area contributed by atoms with E-state index in [2.05, 4.69) is 16.5 Å². The van der Waals surface area contributed by atoms with Gasteiger partial charge in [0.15, 0.2) is 0 Å². The number of aryl methyl sites for hydroxylation is 3. The normalized spacial score (nSPS) is 21.8. The molecule has 1 saturated heterocycles. The molecule has 1 N–H and O–H groups in total. The van der Waals surface area contributed by atoms with Crippen molar-refractivity contribution >= 4 is 27.6 Å². The summed E-state index contributed by atoms with van der Waals surface area (Å²) < 4.78 is 42.9. The fourth-order valence-electron chi connectivity index (χ4n) is 5.90. The maximum absolute atomic E-state index is 13.7. The molecule has 12 heteroatoms. The van der Waals surface area contributed by atoms with Crippen molar-refractivity contribution in [3.8, 4) is 0 Å². The highest BCUT2D eigenvalue weighted by molar-refractivity contribution is 7.91. The molecule has 1 fully saturated rings. The monoisotopic (exact) mass is 519 g/mol. The first kappa shape index (κ1) is 25.0. The van der Waals surface area contributed by atoms with E-state index in [1.54, 1.807) is 14.1 Å². The molecule has 2 heterocycles. The van der Waals surface area contributed by atoms with E-state index in [0.29, 0.717) is 18.7 Å². The summed E-state index contributed by atoms with van der Waals surface area (Å²) in [6.07, 6.45) is 8.69. The Morgan fingerprint density at radius 2 is 1.86 bits per heavy atom. The van der Waals surface area contributed by atoms with E-state index in [0.717, 1.165) is 65.1 Å². The van der Waals surface area contributed by atoms with Gasteiger partial charge in [0.05, 0.1) is 11.9 Å². The van der Waals surface area contributed by atoms with Gasteiger partial charge in [0, 0.05) is 37.6 Å². The highest BCUT2D eigenvalue weighted by Crippen LogP contribution is 2.39. The Balaban J connectivity index is 1.45. The summed E-state index contributed by atoms with van der Waals surface area (Å²) >= 11 is 0. The number of alkyl halides is 1. The van der Waals surface area contributed by atoms with Crippen LogP contribution in [-0.4, -0.2) is 65.9 Å². The predicted octanol–water partition coefficient (Wildman–Crippen LogP) is 2.91. The number of anilines is 2. The minimum atomic E-state index is -4.83. The number of amides is 2. The largest absolute Gasteiger partial charge is 0.740 e. The van der Waals surface area contributed by atoms with E-state index in [-0.39, 0.29) is 12.1 Å². The molecule has 2 amide bonds. The average Bonchev–Trinajstić information content (AvgIpc) is 3.60. The lowest BCUT2D eigenvalue weighted by atomic mass is 9.98. The second-order valence-electron chi connectivity index (χ2n) is 10.0. The van der Waals surface area contributed by atoms with Crippen molar-refractivity contribution in [2.45, 2.75) is 63.5 Å². The maximum Gasteiger partial charge on any atom is 0.326 e. The minimum Gasteiger partial charge on any atom is -0.740 e. The Bertz CT molecular complexity index is 1230. The lowest BCUT2D eigenvalue weighted by molar-refractivity contribution is 0.143. The van der Waals surface area contributed by atoms with Crippen LogP contribution in [0.2, 0.25) is 0 Å². The summed E-state index contributed by atoms with van der Waals surface area (Å²) in [4.78, 5) is 15.0. The van der Waals surface area contributed by atoms with Crippen LogP contribution in [0.4, 0.5) is 20.6 Å². The van der Waals surface area contributed by atoms with Crippen LogP contribution >= 0.6 is 0 Å². The molecule has 1 aromatic carbocycles. The lowest BCUT2D eigenvalue weighted by Crippen LogP contribution is -2.55. The number of carbonyl (C=O) groups is 1. The molecule has 36 heavy (non-hydrogen) atoms. The number of urea groups is 1. The lowest BCUT2D eigenvalue weighted by Gasteiger charge is -2.43. The molecule has 2 aromatic rings. The summed E-state index contributed by atoms with van der Waals surface area (Å²) in [5.74, 6) is 0. The van der Waals surface area contributed by atoms with Crippen LogP contribution in [0.3, 0.4) is 0 Å². The number of nitrogens with zero attached hydrogens (tertiary/aromatic N) is 5. The number of rotatable bonds is 6. The van der Waals surface area contributed by atoms with Gasteiger partial charge in [-0.05, 0) is 80.7 Å². The Labute approximate surface area is 210 Å².